The SMILES string of the molecule is Cc1cc(C)cc(C2CNC(C(=O)O)C(C)O2)c1. The first kappa shape index (κ1) is 13.1. The van der Waals surface area contributed by atoms with Crippen LogP contribution in [0, 0.1) is 13.8 Å². The minimum Gasteiger partial charge on any atom is -0.480 e. The normalized spacial score (nSPS) is 28.1. The molecule has 2 rings (SSSR count). The van der Waals surface area contributed by atoms with E-state index in [4.69, 9.17) is 9.84 Å². The number of hydrogen-bond donors (Lipinski definition) is 2. The van der Waals surface area contributed by atoms with Gasteiger partial charge in [0.15, 0.2) is 0 Å². The van der Waals surface area contributed by atoms with E-state index in [1.165, 1.54) is 11.1 Å². The molecule has 2 N–H and O–H groups in total. The molecular weight excluding hydrogens is 230 g/mol. The summed E-state index contributed by atoms with van der Waals surface area (Å²) in [6.45, 7) is 6.43. The Labute approximate surface area is 107 Å². The number of nitrogens with one attached hydrogen (secondary N) is 1. The molecule has 1 aliphatic heterocycles. The number of carbonyl (C=O) groups is 1. The number of rotatable bonds is 2. The third-order valence-electron chi connectivity index (χ3n) is 3.25. The Kier molecular flexibility index (Phi) is 3.68. The van der Waals surface area contributed by atoms with E-state index in [2.05, 4.69) is 37.4 Å². The summed E-state index contributed by atoms with van der Waals surface area (Å²) in [5.74, 6) is -0.860. The van der Waals surface area contributed by atoms with Crippen LogP contribution in [-0.2, 0) is 9.53 Å². The van der Waals surface area contributed by atoms with Crippen molar-refractivity contribution in [2.45, 2.75) is 39.0 Å². The quantitative estimate of drug-likeness (QED) is 0.839. The fraction of sp³-hybridized carbons (Fsp3) is 0.500. The minimum absolute atomic E-state index is 0.0748. The Balaban J connectivity index is 2.14. The lowest BCUT2D eigenvalue weighted by molar-refractivity contribution is -0.149. The molecule has 18 heavy (non-hydrogen) atoms. The van der Waals surface area contributed by atoms with E-state index >= 15 is 0 Å². The lowest BCUT2D eigenvalue weighted by Gasteiger charge is -2.34. The van der Waals surface area contributed by atoms with Gasteiger partial charge in [0.1, 0.15) is 6.04 Å². The predicted molar refractivity (Wildman–Crippen MR) is 68.6 cm³/mol. The van der Waals surface area contributed by atoms with Gasteiger partial charge in [0.2, 0.25) is 0 Å². The molecule has 0 saturated carbocycles. The predicted octanol–water partition coefficient (Wildman–Crippen LogP) is 1.81. The summed E-state index contributed by atoms with van der Waals surface area (Å²) in [6, 6.07) is 5.68. The van der Waals surface area contributed by atoms with Gasteiger partial charge in [0.05, 0.1) is 12.2 Å². The van der Waals surface area contributed by atoms with Gasteiger partial charge in [-0.2, -0.15) is 0 Å². The van der Waals surface area contributed by atoms with Crippen molar-refractivity contribution in [2.75, 3.05) is 6.54 Å². The van der Waals surface area contributed by atoms with Crippen LogP contribution >= 0.6 is 0 Å². The van der Waals surface area contributed by atoms with Crippen molar-refractivity contribution in [3.8, 4) is 0 Å². The van der Waals surface area contributed by atoms with Gasteiger partial charge in [0.25, 0.3) is 0 Å². The molecule has 1 aliphatic rings. The molecule has 0 bridgehead atoms. The lowest BCUT2D eigenvalue weighted by atomic mass is 10.0. The molecule has 4 nitrogen and oxygen atoms in total. The van der Waals surface area contributed by atoms with Gasteiger partial charge in [0, 0.05) is 6.54 Å². The first-order valence-electron chi connectivity index (χ1n) is 6.17. The Hall–Kier alpha value is -1.39. The zero-order valence-corrected chi connectivity index (χ0v) is 10.9. The van der Waals surface area contributed by atoms with Gasteiger partial charge in [-0.05, 0) is 26.3 Å². The zero-order valence-electron chi connectivity index (χ0n) is 10.9. The van der Waals surface area contributed by atoms with E-state index < -0.39 is 12.0 Å². The number of benzene rings is 1. The number of hydrogen-bond acceptors (Lipinski definition) is 3. The van der Waals surface area contributed by atoms with Crippen molar-refractivity contribution >= 4 is 5.97 Å². The van der Waals surface area contributed by atoms with Crippen molar-refractivity contribution in [1.82, 2.24) is 5.32 Å². The van der Waals surface area contributed by atoms with Gasteiger partial charge in [-0.3, -0.25) is 10.1 Å². The molecule has 1 heterocycles. The molecule has 4 heteroatoms. The van der Waals surface area contributed by atoms with Gasteiger partial charge >= 0.3 is 5.97 Å². The molecule has 98 valence electrons. The lowest BCUT2D eigenvalue weighted by Crippen LogP contribution is -2.52. The standard InChI is InChI=1S/C14H19NO3/c1-8-4-9(2)6-11(5-8)12-7-15-13(14(16)17)10(3)18-12/h4-6,10,12-13,15H,7H2,1-3H3,(H,16,17). The Morgan fingerprint density at radius 3 is 2.44 bits per heavy atom. The fourth-order valence-electron chi connectivity index (χ4n) is 2.47. The Morgan fingerprint density at radius 1 is 1.33 bits per heavy atom. The number of morpholine rings is 1. The third kappa shape index (κ3) is 2.71. The van der Waals surface area contributed by atoms with Crippen LogP contribution in [0.15, 0.2) is 18.2 Å². The molecule has 0 amide bonds. The molecule has 3 unspecified atom stereocenters. The van der Waals surface area contributed by atoms with Crippen molar-refractivity contribution in [3.63, 3.8) is 0 Å². The number of aliphatic carboxylic acids is 1. The van der Waals surface area contributed by atoms with Crippen molar-refractivity contribution < 1.29 is 14.6 Å². The number of carboxylic acid groups (broad SMARTS) is 1. The molecular formula is C14H19NO3. The number of carboxylic acids is 1. The summed E-state index contributed by atoms with van der Waals surface area (Å²) in [4.78, 5) is 11.0. The van der Waals surface area contributed by atoms with Crippen LogP contribution in [0.2, 0.25) is 0 Å². The molecule has 0 radical (unpaired) electrons. The van der Waals surface area contributed by atoms with Gasteiger partial charge in [-0.15, -0.1) is 0 Å². The highest BCUT2D eigenvalue weighted by molar-refractivity contribution is 5.74. The maximum Gasteiger partial charge on any atom is 0.323 e. The third-order valence-corrected chi connectivity index (χ3v) is 3.25. The first-order valence-corrected chi connectivity index (χ1v) is 6.17. The van der Waals surface area contributed by atoms with Gasteiger partial charge < -0.3 is 9.84 Å². The van der Waals surface area contributed by atoms with Crippen LogP contribution in [0.4, 0.5) is 0 Å². The van der Waals surface area contributed by atoms with Gasteiger partial charge in [-0.25, -0.2) is 0 Å². The van der Waals surface area contributed by atoms with Crippen LogP contribution in [-0.4, -0.2) is 29.8 Å². The molecule has 0 spiro atoms. The smallest absolute Gasteiger partial charge is 0.323 e. The monoisotopic (exact) mass is 249 g/mol. The molecule has 1 saturated heterocycles. The largest absolute Gasteiger partial charge is 0.480 e. The summed E-state index contributed by atoms with van der Waals surface area (Å²) in [5.41, 5.74) is 3.50. The average Bonchev–Trinajstić information content (AvgIpc) is 2.26. The second-order valence-electron chi connectivity index (χ2n) is 4.98. The number of aryl methyl sites for hydroxylation is 2. The van der Waals surface area contributed by atoms with Crippen molar-refractivity contribution in [1.29, 1.82) is 0 Å². The Morgan fingerprint density at radius 2 is 1.94 bits per heavy atom. The maximum absolute atomic E-state index is 11.0. The topological polar surface area (TPSA) is 58.6 Å². The summed E-state index contributed by atoms with van der Waals surface area (Å²) < 4.78 is 5.81. The summed E-state index contributed by atoms with van der Waals surface area (Å²) in [6.07, 6.45) is -0.406. The van der Waals surface area contributed by atoms with E-state index in [9.17, 15) is 4.79 Å². The van der Waals surface area contributed by atoms with Crippen LogP contribution in [0.1, 0.15) is 29.7 Å². The molecule has 1 aromatic rings. The highest BCUT2D eigenvalue weighted by Gasteiger charge is 2.33. The highest BCUT2D eigenvalue weighted by atomic mass is 16.5. The second kappa shape index (κ2) is 5.08. The maximum atomic E-state index is 11.0. The van der Waals surface area contributed by atoms with Crippen LogP contribution in [0.3, 0.4) is 0 Å². The van der Waals surface area contributed by atoms with Gasteiger partial charge in [-0.1, -0.05) is 29.3 Å². The second-order valence-corrected chi connectivity index (χ2v) is 4.98. The van der Waals surface area contributed by atoms with E-state index in [1.54, 1.807) is 6.92 Å². The summed E-state index contributed by atoms with van der Waals surface area (Å²) in [7, 11) is 0. The summed E-state index contributed by atoms with van der Waals surface area (Å²) >= 11 is 0. The first-order chi connectivity index (χ1) is 8.47. The number of ether oxygens (including phenoxy) is 1. The van der Waals surface area contributed by atoms with Crippen molar-refractivity contribution in [2.24, 2.45) is 0 Å². The van der Waals surface area contributed by atoms with E-state index in [0.29, 0.717) is 6.54 Å². The van der Waals surface area contributed by atoms with Crippen LogP contribution < -0.4 is 5.32 Å². The molecule has 1 fully saturated rings. The highest BCUT2D eigenvalue weighted by Crippen LogP contribution is 2.25. The van der Waals surface area contributed by atoms with E-state index in [0.717, 1.165) is 5.56 Å². The zero-order chi connectivity index (χ0) is 13.3. The molecule has 3 atom stereocenters. The average molecular weight is 249 g/mol. The molecule has 0 aliphatic carbocycles. The van der Waals surface area contributed by atoms with Crippen LogP contribution in [0.25, 0.3) is 0 Å². The minimum atomic E-state index is -0.860. The van der Waals surface area contributed by atoms with E-state index in [-0.39, 0.29) is 12.2 Å². The Bertz CT molecular complexity index is 438. The molecule has 1 aromatic carbocycles. The molecule has 0 aromatic heterocycles. The van der Waals surface area contributed by atoms with E-state index in [1.807, 2.05) is 0 Å². The van der Waals surface area contributed by atoms with Crippen molar-refractivity contribution in [3.05, 3.63) is 34.9 Å². The fourth-order valence-corrected chi connectivity index (χ4v) is 2.47. The van der Waals surface area contributed by atoms with Crippen LogP contribution in [0.5, 0.6) is 0 Å². The summed E-state index contributed by atoms with van der Waals surface area (Å²) in [5, 5.41) is 12.0.